The van der Waals surface area contributed by atoms with Crippen molar-refractivity contribution in [2.75, 3.05) is 6.54 Å². The van der Waals surface area contributed by atoms with E-state index in [-0.39, 0.29) is 11.6 Å². The van der Waals surface area contributed by atoms with Gasteiger partial charge in [-0.15, -0.1) is 0 Å². The number of aryl methyl sites for hydroxylation is 1. The summed E-state index contributed by atoms with van der Waals surface area (Å²) in [6.07, 6.45) is 1.30. The minimum atomic E-state index is -1.07. The molecule has 0 unspecified atom stereocenters. The molecule has 21 heavy (non-hydrogen) atoms. The zero-order chi connectivity index (χ0) is 15.2. The van der Waals surface area contributed by atoms with Gasteiger partial charge in [-0.25, -0.2) is 4.79 Å². The quantitative estimate of drug-likeness (QED) is 0.752. The first-order valence-electron chi connectivity index (χ1n) is 6.75. The number of nitrogens with zero attached hydrogens (tertiary/aromatic N) is 1. The van der Waals surface area contributed by atoms with Gasteiger partial charge < -0.3 is 10.4 Å². The monoisotopic (exact) mass is 287 g/mol. The molecule has 0 atom stereocenters. The minimum absolute atomic E-state index is 0.0207. The van der Waals surface area contributed by atoms with Crippen molar-refractivity contribution in [2.45, 2.75) is 19.8 Å². The summed E-state index contributed by atoms with van der Waals surface area (Å²) in [7, 11) is 0. The average Bonchev–Trinajstić information content (AvgIpc) is 2.96. The molecule has 0 fully saturated rings. The second-order valence-electron chi connectivity index (χ2n) is 4.60. The smallest absolute Gasteiger partial charge is 0.356 e. The average molecular weight is 287 g/mol. The highest BCUT2D eigenvalue weighted by Crippen LogP contribution is 2.09. The van der Waals surface area contributed by atoms with Gasteiger partial charge in [0.05, 0.1) is 0 Å². The molecule has 1 amide bonds. The van der Waals surface area contributed by atoms with Gasteiger partial charge in [0.1, 0.15) is 0 Å². The van der Waals surface area contributed by atoms with E-state index in [9.17, 15) is 9.59 Å². The second-order valence-corrected chi connectivity index (χ2v) is 4.60. The molecule has 3 N–H and O–H groups in total. The Hall–Kier alpha value is -2.63. The number of benzene rings is 1. The second kappa shape index (κ2) is 6.69. The number of carboxylic acids is 1. The van der Waals surface area contributed by atoms with Gasteiger partial charge in [-0.3, -0.25) is 9.89 Å². The number of H-pyrrole nitrogens is 1. The van der Waals surface area contributed by atoms with E-state index < -0.39 is 5.97 Å². The van der Waals surface area contributed by atoms with Crippen molar-refractivity contribution < 1.29 is 14.7 Å². The first kappa shape index (κ1) is 14.8. The molecule has 0 aliphatic carbocycles. The van der Waals surface area contributed by atoms with Crippen LogP contribution in [0, 0.1) is 0 Å². The van der Waals surface area contributed by atoms with Crippen LogP contribution in [0.3, 0.4) is 0 Å². The molecule has 6 heteroatoms. The van der Waals surface area contributed by atoms with E-state index in [2.05, 4.69) is 15.5 Å². The molecule has 0 saturated heterocycles. The Morgan fingerprint density at radius 1 is 1.33 bits per heavy atom. The lowest BCUT2D eigenvalue weighted by molar-refractivity contribution is 0.0690. The summed E-state index contributed by atoms with van der Waals surface area (Å²) in [4.78, 5) is 22.8. The molecule has 2 aromatic rings. The van der Waals surface area contributed by atoms with Crippen molar-refractivity contribution >= 4 is 11.9 Å². The minimum Gasteiger partial charge on any atom is -0.476 e. The number of hydrogen-bond donors (Lipinski definition) is 3. The summed E-state index contributed by atoms with van der Waals surface area (Å²) in [5.74, 6) is -1.19. The van der Waals surface area contributed by atoms with Crippen LogP contribution in [0.2, 0.25) is 0 Å². The van der Waals surface area contributed by atoms with Crippen molar-refractivity contribution in [2.24, 2.45) is 0 Å². The van der Waals surface area contributed by atoms with Crippen LogP contribution in [-0.2, 0) is 12.8 Å². The van der Waals surface area contributed by atoms with Crippen LogP contribution in [0.15, 0.2) is 30.3 Å². The van der Waals surface area contributed by atoms with Gasteiger partial charge in [0, 0.05) is 24.2 Å². The van der Waals surface area contributed by atoms with Crippen LogP contribution in [0.25, 0.3) is 0 Å². The van der Waals surface area contributed by atoms with E-state index in [1.807, 2.05) is 25.1 Å². The van der Waals surface area contributed by atoms with E-state index in [1.165, 1.54) is 6.07 Å². The van der Waals surface area contributed by atoms with Crippen molar-refractivity contribution in [3.63, 3.8) is 0 Å². The molecule has 0 aliphatic heterocycles. The molecule has 110 valence electrons. The molecular formula is C15H17N3O3. The summed E-state index contributed by atoms with van der Waals surface area (Å²) in [6.45, 7) is 2.42. The number of aromatic nitrogens is 2. The Morgan fingerprint density at radius 2 is 2.10 bits per heavy atom. The van der Waals surface area contributed by atoms with E-state index in [0.29, 0.717) is 24.2 Å². The highest BCUT2D eigenvalue weighted by atomic mass is 16.4. The van der Waals surface area contributed by atoms with E-state index in [4.69, 9.17) is 5.11 Å². The van der Waals surface area contributed by atoms with Crippen molar-refractivity contribution in [1.29, 1.82) is 0 Å². The third kappa shape index (κ3) is 3.68. The lowest BCUT2D eigenvalue weighted by Gasteiger charge is -2.08. The van der Waals surface area contributed by atoms with Gasteiger partial charge in [0.15, 0.2) is 5.69 Å². The standard InChI is InChI=1S/C15H17N3O3/c1-2-10-5-3-4-6-12(10)14(19)16-8-7-11-9-13(15(20)21)18-17-11/h3-6,9H,2,7-8H2,1H3,(H,16,19)(H,17,18)(H,20,21). The number of hydrogen-bond acceptors (Lipinski definition) is 3. The van der Waals surface area contributed by atoms with Gasteiger partial charge in [0.2, 0.25) is 0 Å². The fraction of sp³-hybridized carbons (Fsp3) is 0.267. The predicted octanol–water partition coefficient (Wildman–Crippen LogP) is 1.64. The Bertz CT molecular complexity index is 649. The van der Waals surface area contributed by atoms with Crippen LogP contribution in [0.1, 0.15) is 39.0 Å². The Kier molecular flexibility index (Phi) is 4.71. The Labute approximate surface area is 122 Å². The van der Waals surface area contributed by atoms with Gasteiger partial charge >= 0.3 is 5.97 Å². The normalized spacial score (nSPS) is 10.3. The fourth-order valence-electron chi connectivity index (χ4n) is 2.06. The largest absolute Gasteiger partial charge is 0.476 e. The number of aromatic carboxylic acids is 1. The maximum Gasteiger partial charge on any atom is 0.356 e. The van der Waals surface area contributed by atoms with Crippen LogP contribution in [0.4, 0.5) is 0 Å². The Morgan fingerprint density at radius 3 is 2.76 bits per heavy atom. The van der Waals surface area contributed by atoms with Crippen molar-refractivity contribution in [3.8, 4) is 0 Å². The molecule has 0 saturated carbocycles. The number of amides is 1. The summed E-state index contributed by atoms with van der Waals surface area (Å²) in [5, 5.41) is 17.9. The topological polar surface area (TPSA) is 95.1 Å². The fourth-order valence-corrected chi connectivity index (χ4v) is 2.06. The highest BCUT2D eigenvalue weighted by Gasteiger charge is 2.10. The first-order chi connectivity index (χ1) is 10.1. The maximum absolute atomic E-state index is 12.1. The van der Waals surface area contributed by atoms with Crippen LogP contribution < -0.4 is 5.32 Å². The number of carbonyl (C=O) groups is 2. The maximum atomic E-state index is 12.1. The van der Waals surface area contributed by atoms with Crippen LogP contribution in [0.5, 0.6) is 0 Å². The number of carboxylic acid groups (broad SMARTS) is 1. The number of aromatic amines is 1. The van der Waals surface area contributed by atoms with Gasteiger partial charge in [0.25, 0.3) is 5.91 Å². The van der Waals surface area contributed by atoms with E-state index >= 15 is 0 Å². The molecule has 2 rings (SSSR count). The number of nitrogens with one attached hydrogen (secondary N) is 2. The molecule has 1 aromatic carbocycles. The zero-order valence-corrected chi connectivity index (χ0v) is 11.7. The molecular weight excluding hydrogens is 270 g/mol. The molecule has 0 radical (unpaired) electrons. The predicted molar refractivity (Wildman–Crippen MR) is 77.4 cm³/mol. The van der Waals surface area contributed by atoms with Crippen LogP contribution in [-0.4, -0.2) is 33.7 Å². The third-order valence-corrected chi connectivity index (χ3v) is 3.17. The molecule has 0 spiro atoms. The summed E-state index contributed by atoms with van der Waals surface area (Å²) < 4.78 is 0. The zero-order valence-electron chi connectivity index (χ0n) is 11.7. The lowest BCUT2D eigenvalue weighted by atomic mass is 10.0. The van der Waals surface area contributed by atoms with Crippen LogP contribution >= 0.6 is 0 Å². The summed E-state index contributed by atoms with van der Waals surface area (Å²) in [6, 6.07) is 8.94. The lowest BCUT2D eigenvalue weighted by Crippen LogP contribution is -2.26. The molecule has 1 heterocycles. The van der Waals surface area contributed by atoms with Crippen molar-refractivity contribution in [1.82, 2.24) is 15.5 Å². The summed E-state index contributed by atoms with van der Waals surface area (Å²) in [5.41, 5.74) is 2.34. The van der Waals surface area contributed by atoms with Gasteiger partial charge in [-0.1, -0.05) is 25.1 Å². The molecule has 1 aromatic heterocycles. The third-order valence-electron chi connectivity index (χ3n) is 3.17. The van der Waals surface area contributed by atoms with Crippen molar-refractivity contribution in [3.05, 3.63) is 52.8 Å². The SMILES string of the molecule is CCc1ccccc1C(=O)NCCc1cc(C(=O)O)n[nH]1. The summed E-state index contributed by atoms with van der Waals surface area (Å²) >= 11 is 0. The molecule has 0 aliphatic rings. The number of carbonyl (C=O) groups excluding carboxylic acids is 1. The Balaban J connectivity index is 1.90. The molecule has 6 nitrogen and oxygen atoms in total. The molecule has 0 bridgehead atoms. The first-order valence-corrected chi connectivity index (χ1v) is 6.75. The number of rotatable bonds is 6. The van der Waals surface area contributed by atoms with Gasteiger partial charge in [-0.05, 0) is 24.1 Å². The van der Waals surface area contributed by atoms with E-state index in [1.54, 1.807) is 6.07 Å². The highest BCUT2D eigenvalue weighted by molar-refractivity contribution is 5.95. The van der Waals surface area contributed by atoms with Gasteiger partial charge in [-0.2, -0.15) is 5.10 Å². The van der Waals surface area contributed by atoms with E-state index in [0.717, 1.165) is 12.0 Å².